The van der Waals surface area contributed by atoms with E-state index in [9.17, 15) is 19.5 Å². The maximum Gasteiger partial charge on any atom is 0.249 e. The minimum Gasteiger partial charge on any atom is -0.396 e. The van der Waals surface area contributed by atoms with Crippen LogP contribution >= 0.6 is 0 Å². The number of carbonyl (C=O) groups excluding carboxylic acids is 3. The van der Waals surface area contributed by atoms with Gasteiger partial charge in [0.15, 0.2) is 0 Å². The molecule has 4 heterocycles. The number of benzene rings is 1. The number of carbonyl (C=O) groups is 3. The maximum atomic E-state index is 14.3. The first kappa shape index (κ1) is 26.6. The highest BCUT2D eigenvalue weighted by molar-refractivity contribution is 6.00. The van der Waals surface area contributed by atoms with Gasteiger partial charge in [-0.15, -0.1) is 0 Å². The number of aliphatic hydroxyl groups excluding tert-OH is 1. The van der Waals surface area contributed by atoms with Crippen LogP contribution in [0.2, 0.25) is 0 Å². The second-order valence-electron chi connectivity index (χ2n) is 11.1. The first-order valence-corrected chi connectivity index (χ1v) is 13.9. The van der Waals surface area contributed by atoms with Crippen LogP contribution in [0.3, 0.4) is 0 Å². The van der Waals surface area contributed by atoms with Crippen molar-refractivity contribution in [1.82, 2.24) is 14.7 Å². The number of ether oxygens (including phenoxy) is 1. The van der Waals surface area contributed by atoms with E-state index in [4.69, 9.17) is 4.74 Å². The molecule has 2 saturated heterocycles. The van der Waals surface area contributed by atoms with E-state index in [0.29, 0.717) is 45.6 Å². The average molecular weight is 522 g/mol. The van der Waals surface area contributed by atoms with E-state index in [1.54, 1.807) is 9.80 Å². The molecular formula is C30H39N3O5. The molecule has 0 radical (unpaired) electrons. The van der Waals surface area contributed by atoms with Gasteiger partial charge in [0.1, 0.15) is 11.6 Å². The SMILES string of the molecule is CCCN1CC=C[C@@]2(C)O[C@]34C=CCN(Cc5ccccc5)C(=O)C3N(CCCCCO)C(=O)[C@@H]4[C@H]2C1=O. The third-order valence-corrected chi connectivity index (χ3v) is 8.49. The summed E-state index contributed by atoms with van der Waals surface area (Å²) in [5.74, 6) is -1.90. The van der Waals surface area contributed by atoms with Crippen LogP contribution in [0.15, 0.2) is 54.6 Å². The van der Waals surface area contributed by atoms with E-state index in [0.717, 1.165) is 18.4 Å². The molecule has 8 nitrogen and oxygen atoms in total. The summed E-state index contributed by atoms with van der Waals surface area (Å²) >= 11 is 0. The number of rotatable bonds is 9. The molecule has 0 aromatic heterocycles. The Morgan fingerprint density at radius 1 is 0.895 bits per heavy atom. The molecule has 8 heteroatoms. The fourth-order valence-corrected chi connectivity index (χ4v) is 6.85. The van der Waals surface area contributed by atoms with Gasteiger partial charge in [-0.1, -0.05) is 61.6 Å². The highest BCUT2D eigenvalue weighted by Crippen LogP contribution is 2.57. The van der Waals surface area contributed by atoms with Gasteiger partial charge in [-0.25, -0.2) is 0 Å². The summed E-state index contributed by atoms with van der Waals surface area (Å²) < 4.78 is 6.85. The van der Waals surface area contributed by atoms with Crippen molar-refractivity contribution in [2.45, 2.75) is 63.3 Å². The zero-order chi connectivity index (χ0) is 26.9. The first-order valence-electron chi connectivity index (χ1n) is 13.9. The molecule has 4 aliphatic rings. The molecular weight excluding hydrogens is 482 g/mol. The molecule has 4 aliphatic heterocycles. The van der Waals surface area contributed by atoms with Crippen LogP contribution in [0.1, 0.15) is 45.1 Å². The molecule has 5 atom stereocenters. The largest absolute Gasteiger partial charge is 0.396 e. The Hall–Kier alpha value is -2.97. The van der Waals surface area contributed by atoms with Crippen molar-refractivity contribution >= 4 is 17.7 Å². The lowest BCUT2D eigenvalue weighted by atomic mass is 9.74. The zero-order valence-electron chi connectivity index (χ0n) is 22.4. The van der Waals surface area contributed by atoms with Crippen LogP contribution in [-0.4, -0.2) is 87.6 Å². The summed E-state index contributed by atoms with van der Waals surface area (Å²) in [5.41, 5.74) is -1.19. The molecule has 5 rings (SSSR count). The second kappa shape index (κ2) is 10.7. The second-order valence-corrected chi connectivity index (χ2v) is 11.1. The van der Waals surface area contributed by atoms with Gasteiger partial charge in [0.25, 0.3) is 0 Å². The fraction of sp³-hybridized carbons (Fsp3) is 0.567. The molecule has 1 aromatic rings. The van der Waals surface area contributed by atoms with E-state index in [1.165, 1.54) is 0 Å². The molecule has 0 saturated carbocycles. The molecule has 0 bridgehead atoms. The lowest BCUT2D eigenvalue weighted by Gasteiger charge is -2.37. The number of fused-ring (bicyclic) bond motifs is 2. The van der Waals surface area contributed by atoms with Crippen molar-refractivity contribution in [3.05, 3.63) is 60.2 Å². The van der Waals surface area contributed by atoms with Crippen LogP contribution in [0.25, 0.3) is 0 Å². The van der Waals surface area contributed by atoms with Gasteiger partial charge in [-0.3, -0.25) is 14.4 Å². The van der Waals surface area contributed by atoms with E-state index in [2.05, 4.69) is 0 Å². The molecule has 3 amide bonds. The summed E-state index contributed by atoms with van der Waals surface area (Å²) in [6.45, 7) is 6.33. The number of hydrogen-bond acceptors (Lipinski definition) is 5. The van der Waals surface area contributed by atoms with Crippen molar-refractivity contribution in [2.75, 3.05) is 32.8 Å². The van der Waals surface area contributed by atoms with Gasteiger partial charge < -0.3 is 24.5 Å². The maximum absolute atomic E-state index is 14.3. The summed E-state index contributed by atoms with van der Waals surface area (Å²) in [7, 11) is 0. The summed E-state index contributed by atoms with van der Waals surface area (Å²) in [5, 5.41) is 9.25. The monoisotopic (exact) mass is 521 g/mol. The van der Waals surface area contributed by atoms with Crippen molar-refractivity contribution in [3.63, 3.8) is 0 Å². The van der Waals surface area contributed by atoms with Gasteiger partial charge >= 0.3 is 0 Å². The fourth-order valence-electron chi connectivity index (χ4n) is 6.85. The Bertz CT molecular complexity index is 1120. The standard InChI is InChI=1S/C30H39N3O5/c1-3-16-31-17-10-14-29(2)23(26(31)35)24-27(36)33(19-8-5-9-20-34)25-28(37)32(18-11-15-30(24,25)38-29)21-22-12-6-4-7-13-22/h4,6-7,10-15,23-25,34H,3,5,8-9,16-21H2,1-2H3/t23-,24-,25?,29+,30-/m0/s1. The normalized spacial score (nSPS) is 32.3. The molecule has 1 N–H and O–H groups in total. The van der Waals surface area contributed by atoms with E-state index in [1.807, 2.05) is 73.4 Å². The van der Waals surface area contributed by atoms with Gasteiger partial charge in [0, 0.05) is 39.3 Å². The molecule has 0 aliphatic carbocycles. The lowest BCUT2D eigenvalue weighted by molar-refractivity contribution is -0.153. The topological polar surface area (TPSA) is 90.4 Å². The van der Waals surface area contributed by atoms with Crippen molar-refractivity contribution in [3.8, 4) is 0 Å². The third kappa shape index (κ3) is 4.37. The number of unbranched alkanes of at least 4 members (excludes halogenated alkanes) is 2. The smallest absolute Gasteiger partial charge is 0.249 e. The van der Waals surface area contributed by atoms with Crippen LogP contribution < -0.4 is 0 Å². The van der Waals surface area contributed by atoms with Crippen molar-refractivity contribution < 1.29 is 24.2 Å². The number of hydrogen-bond donors (Lipinski definition) is 1. The Labute approximate surface area is 224 Å². The molecule has 38 heavy (non-hydrogen) atoms. The molecule has 1 spiro atoms. The van der Waals surface area contributed by atoms with Gasteiger partial charge in [0.05, 0.1) is 17.4 Å². The van der Waals surface area contributed by atoms with Crippen LogP contribution in [-0.2, 0) is 25.7 Å². The average Bonchev–Trinajstić information content (AvgIpc) is 3.18. The minimum atomic E-state index is -1.22. The van der Waals surface area contributed by atoms with Gasteiger partial charge in [-0.05, 0) is 38.2 Å². The van der Waals surface area contributed by atoms with Crippen molar-refractivity contribution in [2.24, 2.45) is 11.8 Å². The highest BCUT2D eigenvalue weighted by Gasteiger charge is 2.74. The van der Waals surface area contributed by atoms with E-state index in [-0.39, 0.29) is 24.3 Å². The quantitative estimate of drug-likeness (QED) is 0.399. The summed E-state index contributed by atoms with van der Waals surface area (Å²) in [6.07, 6.45) is 10.6. The predicted octanol–water partition coefficient (Wildman–Crippen LogP) is 2.53. The van der Waals surface area contributed by atoms with Gasteiger partial charge in [-0.2, -0.15) is 0 Å². The van der Waals surface area contributed by atoms with Crippen molar-refractivity contribution in [1.29, 1.82) is 0 Å². The molecule has 1 unspecified atom stereocenters. The Morgan fingerprint density at radius 3 is 2.37 bits per heavy atom. The van der Waals surface area contributed by atoms with Crippen LogP contribution in [0, 0.1) is 11.8 Å². The van der Waals surface area contributed by atoms with E-state index >= 15 is 0 Å². The third-order valence-electron chi connectivity index (χ3n) is 8.49. The Kier molecular flexibility index (Phi) is 7.47. The van der Waals surface area contributed by atoms with Crippen LogP contribution in [0.4, 0.5) is 0 Å². The van der Waals surface area contributed by atoms with E-state index < -0.39 is 29.1 Å². The minimum absolute atomic E-state index is 0.0818. The number of likely N-dealkylation sites (tertiary alicyclic amines) is 1. The number of nitrogens with zero attached hydrogens (tertiary/aromatic N) is 3. The zero-order valence-corrected chi connectivity index (χ0v) is 22.4. The van der Waals surface area contributed by atoms with Crippen LogP contribution in [0.5, 0.6) is 0 Å². The molecule has 1 aromatic carbocycles. The summed E-state index contributed by atoms with van der Waals surface area (Å²) in [4.78, 5) is 47.8. The molecule has 2 fully saturated rings. The predicted molar refractivity (Wildman–Crippen MR) is 143 cm³/mol. The first-order chi connectivity index (χ1) is 18.4. The Balaban J connectivity index is 1.55. The Morgan fingerprint density at radius 2 is 1.63 bits per heavy atom. The number of aliphatic hydroxyl groups is 1. The number of amides is 3. The lowest BCUT2D eigenvalue weighted by Crippen LogP contribution is -2.55. The highest BCUT2D eigenvalue weighted by atomic mass is 16.5. The van der Waals surface area contributed by atoms with Gasteiger partial charge in [0.2, 0.25) is 17.7 Å². The summed E-state index contributed by atoms with van der Waals surface area (Å²) in [6, 6.07) is 8.98. The molecule has 204 valence electrons.